The normalized spacial score (nSPS) is 10.0. The van der Waals surface area contributed by atoms with E-state index < -0.39 is 0 Å². The van der Waals surface area contributed by atoms with Gasteiger partial charge in [0.2, 0.25) is 0 Å². The van der Waals surface area contributed by atoms with Crippen LogP contribution >= 0.6 is 12.2 Å². The van der Waals surface area contributed by atoms with Crippen molar-refractivity contribution in [2.75, 3.05) is 11.9 Å². The predicted octanol–water partition coefficient (Wildman–Crippen LogP) is 3.23. The van der Waals surface area contributed by atoms with Crippen molar-refractivity contribution in [2.24, 2.45) is 0 Å². The molecule has 1 amide bonds. The first-order valence-corrected chi connectivity index (χ1v) is 7.55. The van der Waals surface area contributed by atoms with Gasteiger partial charge in [0, 0.05) is 5.56 Å². The number of amides is 1. The fraction of sp³-hybridized carbons (Fsp3) is 0.176. The van der Waals surface area contributed by atoms with Crippen molar-refractivity contribution >= 4 is 28.9 Å². The van der Waals surface area contributed by atoms with E-state index in [1.54, 1.807) is 36.4 Å². The van der Waals surface area contributed by atoms with Gasteiger partial charge in [-0.2, -0.15) is 0 Å². The zero-order chi connectivity index (χ0) is 16.8. The minimum absolute atomic E-state index is 0.0719. The van der Waals surface area contributed by atoms with E-state index in [2.05, 4.69) is 10.6 Å². The molecule has 0 aliphatic carbocycles. The topological polar surface area (TPSA) is 70.6 Å². The summed E-state index contributed by atoms with van der Waals surface area (Å²) < 4.78 is 5.33. The maximum Gasteiger partial charge on any atom is 0.257 e. The van der Waals surface area contributed by atoms with E-state index in [9.17, 15) is 9.90 Å². The molecule has 0 radical (unpaired) electrons. The quantitative estimate of drug-likeness (QED) is 0.593. The number of aromatic hydroxyl groups is 1. The molecule has 2 aromatic carbocycles. The molecule has 6 heteroatoms. The van der Waals surface area contributed by atoms with Crippen LogP contribution in [0.5, 0.6) is 11.5 Å². The van der Waals surface area contributed by atoms with E-state index in [1.165, 1.54) is 0 Å². The molecule has 0 saturated carbocycles. The lowest BCUT2D eigenvalue weighted by molar-refractivity contribution is 0.0977. The van der Waals surface area contributed by atoms with Crippen molar-refractivity contribution in [1.82, 2.24) is 5.32 Å². The summed E-state index contributed by atoms with van der Waals surface area (Å²) in [6.45, 7) is 4.33. The first-order chi connectivity index (χ1) is 11.0. The molecule has 2 rings (SSSR count). The number of aryl methyl sites for hydroxylation is 1. The van der Waals surface area contributed by atoms with Crippen LogP contribution in [0.4, 0.5) is 5.69 Å². The van der Waals surface area contributed by atoms with Crippen LogP contribution in [-0.2, 0) is 0 Å². The molecule has 0 unspecified atom stereocenters. The number of thiocarbonyl (C=S) groups is 1. The van der Waals surface area contributed by atoms with Crippen LogP contribution in [0.1, 0.15) is 22.8 Å². The number of phenols is 1. The summed E-state index contributed by atoms with van der Waals surface area (Å²) >= 11 is 5.09. The van der Waals surface area contributed by atoms with E-state index in [0.717, 1.165) is 5.56 Å². The highest BCUT2D eigenvalue weighted by atomic mass is 32.1. The maximum atomic E-state index is 12.1. The molecule has 0 fully saturated rings. The molecule has 23 heavy (non-hydrogen) atoms. The van der Waals surface area contributed by atoms with Gasteiger partial charge in [-0.15, -0.1) is 0 Å². The van der Waals surface area contributed by atoms with E-state index >= 15 is 0 Å². The van der Waals surface area contributed by atoms with Crippen LogP contribution in [0.3, 0.4) is 0 Å². The lowest BCUT2D eigenvalue weighted by Gasteiger charge is -2.11. The van der Waals surface area contributed by atoms with E-state index in [0.29, 0.717) is 23.6 Å². The summed E-state index contributed by atoms with van der Waals surface area (Å²) in [5.41, 5.74) is 1.83. The van der Waals surface area contributed by atoms with Gasteiger partial charge in [-0.1, -0.05) is 6.07 Å². The molecule has 0 aliphatic heterocycles. The van der Waals surface area contributed by atoms with Gasteiger partial charge in [0.05, 0.1) is 12.3 Å². The average molecular weight is 330 g/mol. The largest absolute Gasteiger partial charge is 0.506 e. The first kappa shape index (κ1) is 16.8. The Labute approximate surface area is 140 Å². The van der Waals surface area contributed by atoms with E-state index in [-0.39, 0.29) is 16.8 Å². The first-order valence-electron chi connectivity index (χ1n) is 7.14. The van der Waals surface area contributed by atoms with Crippen molar-refractivity contribution in [3.63, 3.8) is 0 Å². The molecular formula is C17H18N2O3S. The minimum atomic E-state index is -0.336. The number of rotatable bonds is 4. The third-order valence-corrected chi connectivity index (χ3v) is 3.26. The number of benzene rings is 2. The van der Waals surface area contributed by atoms with Crippen LogP contribution in [0.2, 0.25) is 0 Å². The summed E-state index contributed by atoms with van der Waals surface area (Å²) in [6, 6.07) is 11.9. The highest BCUT2D eigenvalue weighted by molar-refractivity contribution is 7.80. The Morgan fingerprint density at radius 3 is 2.52 bits per heavy atom. The summed E-state index contributed by atoms with van der Waals surface area (Å²) in [5.74, 6) is 0.439. The molecule has 2 aromatic rings. The molecule has 0 aliphatic rings. The Bertz CT molecular complexity index is 714. The highest BCUT2D eigenvalue weighted by Crippen LogP contribution is 2.23. The molecule has 0 bridgehead atoms. The summed E-state index contributed by atoms with van der Waals surface area (Å²) in [7, 11) is 0. The van der Waals surface area contributed by atoms with Gasteiger partial charge in [0.15, 0.2) is 5.11 Å². The molecule has 0 aromatic heterocycles. The van der Waals surface area contributed by atoms with Crippen LogP contribution < -0.4 is 15.4 Å². The van der Waals surface area contributed by atoms with Crippen LogP contribution in [0, 0.1) is 6.92 Å². The van der Waals surface area contributed by atoms with Gasteiger partial charge in [-0.25, -0.2) is 0 Å². The highest BCUT2D eigenvalue weighted by Gasteiger charge is 2.09. The Hall–Kier alpha value is -2.60. The Balaban J connectivity index is 1.97. The molecule has 0 spiro atoms. The molecule has 3 N–H and O–H groups in total. The van der Waals surface area contributed by atoms with Crippen LogP contribution in [0.15, 0.2) is 42.5 Å². The van der Waals surface area contributed by atoms with Crippen molar-refractivity contribution in [1.29, 1.82) is 0 Å². The number of hydrogen-bond acceptors (Lipinski definition) is 4. The lowest BCUT2D eigenvalue weighted by Crippen LogP contribution is -2.34. The van der Waals surface area contributed by atoms with E-state index in [4.69, 9.17) is 17.0 Å². The van der Waals surface area contributed by atoms with E-state index in [1.807, 2.05) is 19.9 Å². The van der Waals surface area contributed by atoms with Gasteiger partial charge < -0.3 is 15.2 Å². The number of carbonyl (C=O) groups excluding carboxylic acids is 1. The zero-order valence-electron chi connectivity index (χ0n) is 12.9. The number of hydrogen-bond donors (Lipinski definition) is 3. The third kappa shape index (κ3) is 4.69. The number of nitrogens with one attached hydrogen (secondary N) is 2. The van der Waals surface area contributed by atoms with Gasteiger partial charge in [0.25, 0.3) is 5.91 Å². The summed E-state index contributed by atoms with van der Waals surface area (Å²) in [5, 5.41) is 15.3. The average Bonchev–Trinajstić information content (AvgIpc) is 2.51. The fourth-order valence-corrected chi connectivity index (χ4v) is 2.15. The van der Waals surface area contributed by atoms with Gasteiger partial charge in [-0.05, 0) is 68.0 Å². The molecule has 0 heterocycles. The van der Waals surface area contributed by atoms with Gasteiger partial charge >= 0.3 is 0 Å². The zero-order valence-corrected chi connectivity index (χ0v) is 13.7. The number of anilines is 1. The summed E-state index contributed by atoms with van der Waals surface area (Å²) in [6.07, 6.45) is 0. The molecular weight excluding hydrogens is 312 g/mol. The Morgan fingerprint density at radius 2 is 1.91 bits per heavy atom. The van der Waals surface area contributed by atoms with Crippen molar-refractivity contribution in [2.45, 2.75) is 13.8 Å². The Morgan fingerprint density at radius 1 is 1.22 bits per heavy atom. The van der Waals surface area contributed by atoms with Gasteiger partial charge in [0.1, 0.15) is 11.5 Å². The third-order valence-electron chi connectivity index (χ3n) is 3.06. The second kappa shape index (κ2) is 7.60. The van der Waals surface area contributed by atoms with Crippen LogP contribution in [-0.4, -0.2) is 22.7 Å². The number of carbonyl (C=O) groups is 1. The fourth-order valence-electron chi connectivity index (χ4n) is 1.95. The lowest BCUT2D eigenvalue weighted by atomic mass is 10.2. The molecule has 0 saturated heterocycles. The summed E-state index contributed by atoms with van der Waals surface area (Å²) in [4.78, 5) is 12.1. The van der Waals surface area contributed by atoms with Gasteiger partial charge in [-0.3, -0.25) is 10.1 Å². The Kier molecular flexibility index (Phi) is 5.54. The standard InChI is InChI=1S/C17H18N2O3S/c1-3-22-13-7-5-12(6-8-13)16(21)19-17(23)18-14-9-4-11(2)10-15(14)20/h4-10,20H,3H2,1-2H3,(H2,18,19,21,23). The second-order valence-electron chi connectivity index (χ2n) is 4.89. The van der Waals surface area contributed by atoms with Crippen LogP contribution in [0.25, 0.3) is 0 Å². The molecule has 0 atom stereocenters. The minimum Gasteiger partial charge on any atom is -0.506 e. The van der Waals surface area contributed by atoms with Crippen molar-refractivity contribution < 1.29 is 14.6 Å². The smallest absolute Gasteiger partial charge is 0.257 e. The van der Waals surface area contributed by atoms with Crippen molar-refractivity contribution in [3.05, 3.63) is 53.6 Å². The maximum absolute atomic E-state index is 12.1. The van der Waals surface area contributed by atoms with Crippen molar-refractivity contribution in [3.8, 4) is 11.5 Å². The SMILES string of the molecule is CCOc1ccc(C(=O)NC(=S)Nc2ccc(C)cc2O)cc1. The molecule has 5 nitrogen and oxygen atoms in total. The molecule has 120 valence electrons. The monoisotopic (exact) mass is 330 g/mol. The number of phenolic OH excluding ortho intramolecular Hbond substituents is 1. The second-order valence-corrected chi connectivity index (χ2v) is 5.29. The predicted molar refractivity (Wildman–Crippen MR) is 94.1 cm³/mol. The number of ether oxygens (including phenoxy) is 1.